The summed E-state index contributed by atoms with van der Waals surface area (Å²) < 4.78 is 38.0. The molecule has 2 aliphatic carbocycles. The van der Waals surface area contributed by atoms with Crippen LogP contribution in [0, 0.1) is 17.7 Å². The van der Waals surface area contributed by atoms with E-state index in [0.29, 0.717) is 67.4 Å². The monoisotopic (exact) mass is 920 g/mol. The number of hydrogen-bond donors (Lipinski definition) is 4. The number of imidazole rings is 2. The van der Waals surface area contributed by atoms with Gasteiger partial charge in [-0.25, -0.2) is 23.9 Å². The molecule has 0 bridgehead atoms. The molecular formula is C50H61FN8O8. The van der Waals surface area contributed by atoms with Crippen LogP contribution in [-0.4, -0.2) is 117 Å². The van der Waals surface area contributed by atoms with Crippen molar-refractivity contribution in [1.82, 2.24) is 40.4 Å². The molecule has 4 amide bonds. The molecule has 2 aromatic heterocycles. The summed E-state index contributed by atoms with van der Waals surface area (Å²) >= 11 is 0. The topological polar surface area (TPSA) is 193 Å². The molecule has 10 rings (SSSR count). The number of carbonyl (C=O) groups excluding carboxylic acids is 4. The second-order valence-electron chi connectivity index (χ2n) is 19.8. The Morgan fingerprint density at radius 1 is 0.672 bits per heavy atom. The molecule has 0 unspecified atom stereocenters. The molecule has 6 heterocycles. The van der Waals surface area contributed by atoms with Crippen LogP contribution in [0.4, 0.5) is 14.0 Å². The molecule has 2 spiro atoms. The normalized spacial score (nSPS) is 26.8. The Morgan fingerprint density at radius 2 is 1.13 bits per heavy atom. The maximum atomic E-state index is 16.0. The van der Waals surface area contributed by atoms with E-state index in [1.165, 1.54) is 20.3 Å². The summed E-state index contributed by atoms with van der Waals surface area (Å²) in [6, 6.07) is 10.6. The highest BCUT2D eigenvalue weighted by molar-refractivity contribution is 5.88. The number of aromatic amines is 2. The van der Waals surface area contributed by atoms with Crippen molar-refractivity contribution in [2.75, 3.05) is 27.4 Å². The minimum Gasteiger partial charge on any atom is -0.453 e. The lowest BCUT2D eigenvalue weighted by Gasteiger charge is -2.38. The van der Waals surface area contributed by atoms with Crippen LogP contribution in [-0.2, 0) is 28.5 Å². The minimum atomic E-state index is -0.763. The molecular weight excluding hydrogens is 860 g/mol. The second-order valence-corrected chi connectivity index (χ2v) is 19.8. The van der Waals surface area contributed by atoms with Gasteiger partial charge in [-0.2, -0.15) is 0 Å². The van der Waals surface area contributed by atoms with Crippen LogP contribution < -0.4 is 10.6 Å². The number of alkyl carbamates (subject to hydrolysis) is 2. The third-order valence-electron chi connectivity index (χ3n) is 15.5. The number of likely N-dealkylation sites (tertiary alicyclic amines) is 2. The first-order valence-electron chi connectivity index (χ1n) is 24.0. The van der Waals surface area contributed by atoms with Gasteiger partial charge in [-0.15, -0.1) is 0 Å². The van der Waals surface area contributed by atoms with Crippen LogP contribution in [0.1, 0.15) is 115 Å². The van der Waals surface area contributed by atoms with Gasteiger partial charge >= 0.3 is 12.2 Å². The number of hydrogen-bond acceptors (Lipinski definition) is 10. The van der Waals surface area contributed by atoms with Crippen molar-refractivity contribution in [1.29, 1.82) is 0 Å². The van der Waals surface area contributed by atoms with E-state index in [4.69, 9.17) is 23.9 Å². The third-order valence-corrected chi connectivity index (χ3v) is 15.5. The number of benzene rings is 2. The highest BCUT2D eigenvalue weighted by atomic mass is 19.1. The van der Waals surface area contributed by atoms with E-state index in [-0.39, 0.29) is 59.0 Å². The fraction of sp³-hybridized carbons (Fsp3) is 0.560. The van der Waals surface area contributed by atoms with Crippen molar-refractivity contribution in [3.63, 3.8) is 0 Å². The van der Waals surface area contributed by atoms with E-state index in [1.54, 1.807) is 18.5 Å². The zero-order valence-corrected chi connectivity index (χ0v) is 38.6. The van der Waals surface area contributed by atoms with Gasteiger partial charge in [0.2, 0.25) is 11.8 Å². The van der Waals surface area contributed by atoms with Gasteiger partial charge in [-0.05, 0) is 132 Å². The van der Waals surface area contributed by atoms with Crippen molar-refractivity contribution >= 4 is 24.0 Å². The van der Waals surface area contributed by atoms with Crippen molar-refractivity contribution < 1.29 is 42.5 Å². The summed E-state index contributed by atoms with van der Waals surface area (Å²) in [5, 5.41) is 5.74. The van der Waals surface area contributed by atoms with Crippen molar-refractivity contribution in [2.45, 2.75) is 138 Å². The van der Waals surface area contributed by atoms with Gasteiger partial charge in [-0.1, -0.05) is 30.3 Å². The minimum absolute atomic E-state index is 0.0466. The molecule has 6 fully saturated rings. The first-order valence-corrected chi connectivity index (χ1v) is 24.0. The Morgan fingerprint density at radius 3 is 1.61 bits per heavy atom. The van der Waals surface area contributed by atoms with Gasteiger partial charge in [0, 0.05) is 30.9 Å². The lowest BCUT2D eigenvalue weighted by molar-refractivity contribution is -0.140. The number of amides is 4. The molecule has 4 saturated heterocycles. The maximum absolute atomic E-state index is 16.0. The molecule has 0 radical (unpaired) electrons. The Bertz CT molecular complexity index is 2500. The van der Waals surface area contributed by atoms with E-state index in [2.05, 4.69) is 25.6 Å². The number of carbonyl (C=O) groups is 4. The van der Waals surface area contributed by atoms with Crippen LogP contribution >= 0.6 is 0 Å². The lowest BCUT2D eigenvalue weighted by Crippen LogP contribution is -2.55. The summed E-state index contributed by atoms with van der Waals surface area (Å²) in [6.45, 7) is 5.16. The van der Waals surface area contributed by atoms with Crippen LogP contribution in [0.15, 0.2) is 54.9 Å². The van der Waals surface area contributed by atoms with Crippen molar-refractivity contribution in [3.05, 3.63) is 72.3 Å². The Hall–Kier alpha value is -5.81. The van der Waals surface area contributed by atoms with Gasteiger partial charge in [0.1, 0.15) is 29.5 Å². The number of ether oxygens (including phenoxy) is 4. The van der Waals surface area contributed by atoms with E-state index in [0.717, 1.165) is 68.2 Å². The van der Waals surface area contributed by atoms with Gasteiger partial charge in [-0.3, -0.25) is 9.59 Å². The molecule has 8 atom stereocenters. The van der Waals surface area contributed by atoms with Gasteiger partial charge in [0.15, 0.2) is 0 Å². The van der Waals surface area contributed by atoms with Crippen LogP contribution in [0.2, 0.25) is 0 Å². The number of nitrogens with zero attached hydrogens (tertiary/aromatic N) is 4. The Balaban J connectivity index is 0.816. The fourth-order valence-electron chi connectivity index (χ4n) is 11.4. The summed E-state index contributed by atoms with van der Waals surface area (Å²) in [4.78, 5) is 73.9. The lowest BCUT2D eigenvalue weighted by atomic mass is 9.86. The predicted octanol–water partition coefficient (Wildman–Crippen LogP) is 7.74. The van der Waals surface area contributed by atoms with Crippen LogP contribution in [0.25, 0.3) is 33.6 Å². The number of H-pyrrole nitrogens is 2. The standard InChI is InChI=1S/C50H61FN8O8/c1-28-5-13-39(58(28)45(60)41(56-47(62)64-3)33-15-21-66-49(24-33)17-18-49)43-52-26-37(54-43)31-9-7-30(8-10-31)32-11-12-35(36(51)23-32)38-27-53-44(55-38)40-14-6-29(2)59(40)46(61)42(57-48(63)65-4)34-16-22-67-50(25-34)19-20-50/h7-12,23,26-29,33-34,39-42H,5-6,13-22,24-25H2,1-4H3,(H,52,54)(H,53,55)(H,56,62)(H,57,63)/t28-,29-,33+,34+,39-,40-,41-,42-/m0/s1. The van der Waals surface area contributed by atoms with E-state index >= 15 is 4.39 Å². The number of aromatic nitrogens is 4. The molecule has 16 nitrogen and oxygen atoms in total. The maximum Gasteiger partial charge on any atom is 0.407 e. The number of halogens is 1. The SMILES string of the molecule is COC(=O)N[C@H](C(=O)N1[C@@H](C)CC[C@H]1c1ncc(-c2ccc(-c3ccc(-c4cnc([C@@H]5CC[C@H](C)N5C(=O)[C@@H](NC(=O)OC)[C@@H]5CCOC6(CC6)C5)[nH]4)c(F)c3)cc2)[nH]1)[C@@H]1CCOC2(CC2)C1. The number of rotatable bonds is 11. The Labute approximate surface area is 389 Å². The first-order chi connectivity index (χ1) is 32.4. The number of nitrogens with one attached hydrogen (secondary N) is 4. The molecule has 4 aliphatic heterocycles. The summed E-state index contributed by atoms with van der Waals surface area (Å²) in [5.74, 6) is 0.384. The molecule has 4 N–H and O–H groups in total. The summed E-state index contributed by atoms with van der Waals surface area (Å²) in [6.07, 6.45) is 11.7. The van der Waals surface area contributed by atoms with Gasteiger partial charge in [0.05, 0.1) is 61.3 Å². The first kappa shape index (κ1) is 45.0. The predicted molar refractivity (Wildman–Crippen MR) is 244 cm³/mol. The molecule has 2 saturated carbocycles. The summed E-state index contributed by atoms with van der Waals surface area (Å²) in [7, 11) is 2.61. The average Bonchev–Trinajstić information content (AvgIpc) is 3.87. The molecule has 6 aliphatic rings. The summed E-state index contributed by atoms with van der Waals surface area (Å²) in [5.41, 5.74) is 3.70. The van der Waals surface area contributed by atoms with Crippen molar-refractivity contribution in [3.8, 4) is 33.6 Å². The zero-order valence-electron chi connectivity index (χ0n) is 38.6. The van der Waals surface area contributed by atoms with E-state index < -0.39 is 30.1 Å². The molecule has 17 heteroatoms. The van der Waals surface area contributed by atoms with E-state index in [1.807, 2.05) is 54.0 Å². The molecule has 2 aromatic carbocycles. The van der Waals surface area contributed by atoms with Crippen molar-refractivity contribution in [2.24, 2.45) is 11.8 Å². The zero-order chi connectivity index (χ0) is 46.6. The quantitative estimate of drug-likeness (QED) is 0.116. The molecule has 67 heavy (non-hydrogen) atoms. The van der Waals surface area contributed by atoms with Gasteiger partial charge < -0.3 is 49.3 Å². The highest BCUT2D eigenvalue weighted by Crippen LogP contribution is 2.51. The molecule has 4 aromatic rings. The third kappa shape index (κ3) is 8.92. The van der Waals surface area contributed by atoms with Crippen LogP contribution in [0.5, 0.6) is 0 Å². The molecule has 356 valence electrons. The number of methoxy groups -OCH3 is 2. The average molecular weight is 921 g/mol. The highest BCUT2D eigenvalue weighted by Gasteiger charge is 2.53. The second kappa shape index (κ2) is 18.0. The fourth-order valence-corrected chi connectivity index (χ4v) is 11.4. The smallest absolute Gasteiger partial charge is 0.407 e. The van der Waals surface area contributed by atoms with Gasteiger partial charge in [0.25, 0.3) is 0 Å². The van der Waals surface area contributed by atoms with Crippen LogP contribution in [0.3, 0.4) is 0 Å². The van der Waals surface area contributed by atoms with E-state index in [9.17, 15) is 19.2 Å². The largest absolute Gasteiger partial charge is 0.453 e. The Kier molecular flexibility index (Phi) is 12.1.